The maximum atomic E-state index is 5.91. The molecule has 0 aromatic carbocycles. The van der Waals surface area contributed by atoms with Gasteiger partial charge >= 0.3 is 0 Å². The SMILES string of the molecule is CCc1[nH]nc2ccnc(Cl)c12. The van der Waals surface area contributed by atoms with Gasteiger partial charge in [-0.15, -0.1) is 0 Å². The zero-order chi connectivity index (χ0) is 8.55. The van der Waals surface area contributed by atoms with Crippen LogP contribution in [0.2, 0.25) is 5.15 Å². The van der Waals surface area contributed by atoms with E-state index in [1.807, 2.05) is 6.07 Å². The Bertz CT molecular complexity index is 408. The molecule has 0 saturated carbocycles. The van der Waals surface area contributed by atoms with Crippen LogP contribution in [-0.4, -0.2) is 15.2 Å². The van der Waals surface area contributed by atoms with Crippen molar-refractivity contribution in [1.82, 2.24) is 15.2 Å². The van der Waals surface area contributed by atoms with Gasteiger partial charge in [0.1, 0.15) is 5.15 Å². The Kier molecular flexibility index (Phi) is 1.73. The quantitative estimate of drug-likeness (QED) is 0.686. The molecule has 2 rings (SSSR count). The number of aryl methyl sites for hydroxylation is 1. The number of hydrogen-bond donors (Lipinski definition) is 1. The first kappa shape index (κ1) is 7.55. The highest BCUT2D eigenvalue weighted by Gasteiger charge is 2.06. The minimum absolute atomic E-state index is 0.526. The van der Waals surface area contributed by atoms with Crippen LogP contribution in [-0.2, 0) is 6.42 Å². The second kappa shape index (κ2) is 2.75. The summed E-state index contributed by atoms with van der Waals surface area (Å²) < 4.78 is 0. The van der Waals surface area contributed by atoms with Crippen molar-refractivity contribution in [1.29, 1.82) is 0 Å². The van der Waals surface area contributed by atoms with Crippen LogP contribution in [0, 0.1) is 0 Å². The standard InChI is InChI=1S/C8H8ClN3/c1-2-5-7-6(12-11-5)3-4-10-8(7)9/h3-4H,2H2,1H3,(H,11,12). The first-order chi connectivity index (χ1) is 5.83. The summed E-state index contributed by atoms with van der Waals surface area (Å²) in [5.41, 5.74) is 1.93. The molecule has 0 spiro atoms. The molecule has 2 aromatic heterocycles. The molecule has 0 radical (unpaired) electrons. The molecule has 0 fully saturated rings. The van der Waals surface area contributed by atoms with Crippen LogP contribution in [0.15, 0.2) is 12.3 Å². The molecule has 0 saturated heterocycles. The molecular weight excluding hydrogens is 174 g/mol. The first-order valence-electron chi connectivity index (χ1n) is 3.80. The summed E-state index contributed by atoms with van der Waals surface area (Å²) in [6.07, 6.45) is 2.55. The van der Waals surface area contributed by atoms with E-state index in [1.54, 1.807) is 6.20 Å². The van der Waals surface area contributed by atoms with E-state index in [0.717, 1.165) is 23.0 Å². The predicted molar refractivity (Wildman–Crippen MR) is 48.3 cm³/mol. The molecule has 62 valence electrons. The van der Waals surface area contributed by atoms with Crippen molar-refractivity contribution in [3.05, 3.63) is 23.1 Å². The summed E-state index contributed by atoms with van der Waals surface area (Å²) in [5, 5.41) is 8.50. The maximum absolute atomic E-state index is 5.91. The van der Waals surface area contributed by atoms with Gasteiger partial charge in [0.2, 0.25) is 0 Å². The molecule has 0 aliphatic heterocycles. The van der Waals surface area contributed by atoms with Crippen molar-refractivity contribution >= 4 is 22.5 Å². The Labute approximate surface area is 74.8 Å². The van der Waals surface area contributed by atoms with Gasteiger partial charge in [0.15, 0.2) is 0 Å². The van der Waals surface area contributed by atoms with Crippen molar-refractivity contribution in [3.8, 4) is 0 Å². The van der Waals surface area contributed by atoms with E-state index in [0.29, 0.717) is 5.15 Å². The van der Waals surface area contributed by atoms with Crippen LogP contribution in [0.4, 0.5) is 0 Å². The van der Waals surface area contributed by atoms with Crippen LogP contribution in [0.3, 0.4) is 0 Å². The second-order valence-corrected chi connectivity index (χ2v) is 2.91. The van der Waals surface area contributed by atoms with Gasteiger partial charge in [-0.3, -0.25) is 5.10 Å². The van der Waals surface area contributed by atoms with Gasteiger partial charge < -0.3 is 0 Å². The predicted octanol–water partition coefficient (Wildman–Crippen LogP) is 2.17. The van der Waals surface area contributed by atoms with Crippen molar-refractivity contribution in [2.24, 2.45) is 0 Å². The second-order valence-electron chi connectivity index (χ2n) is 2.55. The number of H-pyrrole nitrogens is 1. The highest BCUT2D eigenvalue weighted by atomic mass is 35.5. The molecule has 0 aliphatic rings. The number of aromatic amines is 1. The lowest BCUT2D eigenvalue weighted by Crippen LogP contribution is -1.81. The van der Waals surface area contributed by atoms with Crippen LogP contribution in [0.5, 0.6) is 0 Å². The summed E-state index contributed by atoms with van der Waals surface area (Å²) in [6, 6.07) is 1.84. The lowest BCUT2D eigenvalue weighted by atomic mass is 10.2. The largest absolute Gasteiger partial charge is 0.281 e. The molecule has 0 bridgehead atoms. The summed E-state index contributed by atoms with van der Waals surface area (Å²) >= 11 is 5.91. The van der Waals surface area contributed by atoms with Crippen LogP contribution in [0.25, 0.3) is 10.9 Å². The Hall–Kier alpha value is -1.09. The molecule has 2 heterocycles. The smallest absolute Gasteiger partial charge is 0.140 e. The molecule has 0 unspecified atom stereocenters. The fraction of sp³-hybridized carbons (Fsp3) is 0.250. The monoisotopic (exact) mass is 181 g/mol. The zero-order valence-corrected chi connectivity index (χ0v) is 7.39. The van der Waals surface area contributed by atoms with E-state index >= 15 is 0 Å². The van der Waals surface area contributed by atoms with Crippen molar-refractivity contribution in [2.45, 2.75) is 13.3 Å². The van der Waals surface area contributed by atoms with Gasteiger partial charge in [0.05, 0.1) is 10.9 Å². The number of fused-ring (bicyclic) bond motifs is 1. The highest BCUT2D eigenvalue weighted by molar-refractivity contribution is 6.34. The minimum atomic E-state index is 0.526. The lowest BCUT2D eigenvalue weighted by molar-refractivity contribution is 0.988. The zero-order valence-electron chi connectivity index (χ0n) is 6.63. The van der Waals surface area contributed by atoms with Crippen molar-refractivity contribution in [3.63, 3.8) is 0 Å². The summed E-state index contributed by atoms with van der Waals surface area (Å²) in [6.45, 7) is 2.05. The summed E-state index contributed by atoms with van der Waals surface area (Å²) in [7, 11) is 0. The molecule has 12 heavy (non-hydrogen) atoms. The minimum Gasteiger partial charge on any atom is -0.281 e. The Morgan fingerprint density at radius 3 is 3.17 bits per heavy atom. The van der Waals surface area contributed by atoms with Crippen molar-refractivity contribution < 1.29 is 0 Å². The number of hydrogen-bond acceptors (Lipinski definition) is 2. The molecule has 4 heteroatoms. The Balaban J connectivity index is 2.83. The fourth-order valence-corrected chi connectivity index (χ4v) is 1.51. The molecule has 0 atom stereocenters. The van der Waals surface area contributed by atoms with Gasteiger partial charge in [0.25, 0.3) is 0 Å². The number of nitrogens with zero attached hydrogens (tertiary/aromatic N) is 2. The third-order valence-corrected chi connectivity index (χ3v) is 2.14. The average molecular weight is 182 g/mol. The molecule has 0 aliphatic carbocycles. The van der Waals surface area contributed by atoms with Crippen molar-refractivity contribution in [2.75, 3.05) is 0 Å². The van der Waals surface area contributed by atoms with Gasteiger partial charge in [-0.1, -0.05) is 18.5 Å². The topological polar surface area (TPSA) is 41.6 Å². The van der Waals surface area contributed by atoms with Gasteiger partial charge in [-0.2, -0.15) is 5.10 Å². The Morgan fingerprint density at radius 2 is 2.42 bits per heavy atom. The molecule has 0 amide bonds. The van der Waals surface area contributed by atoms with E-state index in [1.165, 1.54) is 0 Å². The van der Waals surface area contributed by atoms with Crippen LogP contribution >= 0.6 is 11.6 Å². The molecule has 3 nitrogen and oxygen atoms in total. The average Bonchev–Trinajstić information content (AvgIpc) is 2.49. The summed E-state index contributed by atoms with van der Waals surface area (Å²) in [5.74, 6) is 0. The van der Waals surface area contributed by atoms with E-state index in [-0.39, 0.29) is 0 Å². The fourth-order valence-electron chi connectivity index (χ4n) is 1.24. The number of rotatable bonds is 1. The number of pyridine rings is 1. The van der Waals surface area contributed by atoms with Gasteiger partial charge in [-0.05, 0) is 12.5 Å². The van der Waals surface area contributed by atoms with E-state index < -0.39 is 0 Å². The molecule has 1 N–H and O–H groups in total. The third kappa shape index (κ3) is 0.975. The van der Waals surface area contributed by atoms with Crippen LogP contribution < -0.4 is 0 Å². The van der Waals surface area contributed by atoms with E-state index in [2.05, 4.69) is 22.1 Å². The number of halogens is 1. The van der Waals surface area contributed by atoms with Gasteiger partial charge in [-0.25, -0.2) is 4.98 Å². The van der Waals surface area contributed by atoms with Gasteiger partial charge in [0, 0.05) is 11.9 Å². The normalized spacial score (nSPS) is 10.8. The number of aromatic nitrogens is 3. The van der Waals surface area contributed by atoms with E-state index in [9.17, 15) is 0 Å². The van der Waals surface area contributed by atoms with Crippen LogP contribution in [0.1, 0.15) is 12.6 Å². The lowest BCUT2D eigenvalue weighted by Gasteiger charge is -1.93. The summed E-state index contributed by atoms with van der Waals surface area (Å²) in [4.78, 5) is 3.99. The number of nitrogens with one attached hydrogen (secondary N) is 1. The third-order valence-electron chi connectivity index (χ3n) is 1.85. The van der Waals surface area contributed by atoms with E-state index in [4.69, 9.17) is 11.6 Å². The molecule has 2 aromatic rings. The first-order valence-corrected chi connectivity index (χ1v) is 4.18. The Morgan fingerprint density at radius 1 is 1.58 bits per heavy atom. The highest BCUT2D eigenvalue weighted by Crippen LogP contribution is 2.22. The molecular formula is C8H8ClN3. The maximum Gasteiger partial charge on any atom is 0.140 e.